The van der Waals surface area contributed by atoms with Crippen molar-refractivity contribution in [2.24, 2.45) is 0 Å². The second kappa shape index (κ2) is 2.52. The van der Waals surface area contributed by atoms with E-state index >= 15 is 0 Å². The highest BCUT2D eigenvalue weighted by Crippen LogP contribution is 1.83. The van der Waals surface area contributed by atoms with Gasteiger partial charge in [-0.1, -0.05) is 12.1 Å². The summed E-state index contributed by atoms with van der Waals surface area (Å²) in [5.74, 6) is -1.80. The number of carbonyl (C=O) groups excluding carboxylic acids is 2. The summed E-state index contributed by atoms with van der Waals surface area (Å²) in [7, 11) is 0. The molecule has 0 spiro atoms. The maximum absolute atomic E-state index is 11.2. The van der Waals surface area contributed by atoms with Crippen molar-refractivity contribution in [2.75, 3.05) is 0 Å². The minimum absolute atomic E-state index is 0.123. The summed E-state index contributed by atoms with van der Waals surface area (Å²) < 4.78 is 0.123. The Kier molecular flexibility index (Phi) is 1.48. The first-order valence-electron chi connectivity index (χ1n) is 3.69. The van der Waals surface area contributed by atoms with Gasteiger partial charge in [0.15, 0.2) is 0 Å². The van der Waals surface area contributed by atoms with Gasteiger partial charge in [0.25, 0.3) is 5.78 Å². The second-order valence-electron chi connectivity index (χ2n) is 2.67. The van der Waals surface area contributed by atoms with Crippen molar-refractivity contribution in [3.05, 3.63) is 40.0 Å². The minimum Gasteiger partial charge on any atom is -0.615 e. The Labute approximate surface area is 73.0 Å². The molecule has 0 radical (unpaired) electrons. The molecule has 0 unspecified atom stereocenters. The standard InChI is InChI=1S/C9H5NO3/c11-8-5-6-3-1-2-4-7(6)10(13)9(8)12/h1-5H. The van der Waals surface area contributed by atoms with E-state index < -0.39 is 11.7 Å². The Morgan fingerprint density at radius 1 is 1.15 bits per heavy atom. The van der Waals surface area contributed by atoms with E-state index in [0.29, 0.717) is 5.22 Å². The molecule has 0 fully saturated rings. The number of Topliss-reactive ketones (excluding diaryl/α,β-unsaturated/α-hetero) is 1. The van der Waals surface area contributed by atoms with Gasteiger partial charge in [-0.3, -0.25) is 4.79 Å². The molecule has 1 aromatic carbocycles. The van der Waals surface area contributed by atoms with Gasteiger partial charge in [-0.25, -0.2) is 4.79 Å². The molecular weight excluding hydrogens is 170 g/mol. The van der Waals surface area contributed by atoms with Gasteiger partial charge in [0, 0.05) is 12.1 Å². The van der Waals surface area contributed by atoms with E-state index in [9.17, 15) is 14.8 Å². The Morgan fingerprint density at radius 2 is 1.85 bits per heavy atom. The number of rotatable bonds is 0. The number of hydrogen-bond donors (Lipinski definition) is 0. The number of fused-ring (bicyclic) bond motifs is 1. The lowest BCUT2D eigenvalue weighted by Gasteiger charge is -2.02. The molecule has 2 rings (SSSR count). The number of carbonyl (C=O) groups is 2. The first-order chi connectivity index (χ1) is 6.20. The zero-order valence-corrected chi connectivity index (χ0v) is 6.56. The van der Waals surface area contributed by atoms with Crippen LogP contribution in [0.3, 0.4) is 0 Å². The highest BCUT2D eigenvalue weighted by Gasteiger charge is 2.24. The first-order valence-corrected chi connectivity index (χ1v) is 3.69. The summed E-state index contributed by atoms with van der Waals surface area (Å²) >= 11 is 0. The molecule has 0 saturated heterocycles. The maximum Gasteiger partial charge on any atom is 0.471 e. The van der Waals surface area contributed by atoms with E-state index in [0.717, 1.165) is 0 Å². The molecule has 0 bridgehead atoms. The van der Waals surface area contributed by atoms with Crippen molar-refractivity contribution in [3.63, 3.8) is 0 Å². The van der Waals surface area contributed by atoms with Crippen molar-refractivity contribution in [1.29, 1.82) is 0 Å². The number of ketones is 1. The van der Waals surface area contributed by atoms with E-state index in [4.69, 9.17) is 0 Å². The molecule has 1 aromatic rings. The second-order valence-corrected chi connectivity index (χ2v) is 2.67. The topological polar surface area (TPSA) is 60.2 Å². The minimum atomic E-state index is -1.03. The van der Waals surface area contributed by atoms with Crippen LogP contribution in [-0.2, 0) is 9.59 Å². The van der Waals surface area contributed by atoms with Gasteiger partial charge >= 0.3 is 5.91 Å². The molecule has 1 amide bonds. The molecular formula is C9H5NO3. The van der Waals surface area contributed by atoms with E-state index in [1.165, 1.54) is 12.1 Å². The molecule has 4 heteroatoms. The molecule has 4 nitrogen and oxygen atoms in total. The van der Waals surface area contributed by atoms with E-state index in [1.807, 2.05) is 0 Å². The van der Waals surface area contributed by atoms with Crippen LogP contribution >= 0.6 is 0 Å². The summed E-state index contributed by atoms with van der Waals surface area (Å²) in [6, 6.07) is 6.46. The smallest absolute Gasteiger partial charge is 0.471 e. The Bertz CT molecular complexity index is 516. The highest BCUT2D eigenvalue weighted by atomic mass is 16.5. The van der Waals surface area contributed by atoms with Gasteiger partial charge < -0.3 is 5.21 Å². The summed E-state index contributed by atoms with van der Waals surface area (Å²) in [5.41, 5.74) is 0. The molecule has 0 aliphatic carbocycles. The zero-order chi connectivity index (χ0) is 9.42. The number of hydrogen-bond acceptors (Lipinski definition) is 3. The third-order valence-electron chi connectivity index (χ3n) is 1.84. The van der Waals surface area contributed by atoms with E-state index in [1.54, 1.807) is 18.2 Å². The fourth-order valence-corrected chi connectivity index (χ4v) is 1.21. The van der Waals surface area contributed by atoms with Crippen LogP contribution in [0.2, 0.25) is 0 Å². The summed E-state index contributed by atoms with van der Waals surface area (Å²) in [6.45, 7) is 0. The van der Waals surface area contributed by atoms with E-state index in [-0.39, 0.29) is 10.1 Å². The van der Waals surface area contributed by atoms with Gasteiger partial charge in [0.2, 0.25) is 5.36 Å². The number of benzene rings is 1. The predicted molar refractivity (Wildman–Crippen MR) is 44.8 cm³/mol. The van der Waals surface area contributed by atoms with Crippen molar-refractivity contribution in [3.8, 4) is 0 Å². The Morgan fingerprint density at radius 3 is 2.62 bits per heavy atom. The summed E-state index contributed by atoms with van der Waals surface area (Å²) in [5, 5.41) is 11.9. The lowest BCUT2D eigenvalue weighted by atomic mass is 10.2. The fourth-order valence-electron chi connectivity index (χ4n) is 1.21. The average Bonchev–Trinajstić information content (AvgIpc) is 2.15. The van der Waals surface area contributed by atoms with Crippen molar-refractivity contribution >= 4 is 17.8 Å². The van der Waals surface area contributed by atoms with Crippen LogP contribution in [0, 0.1) is 5.21 Å². The van der Waals surface area contributed by atoms with Crippen LogP contribution in [0.15, 0.2) is 24.3 Å². The summed E-state index contributed by atoms with van der Waals surface area (Å²) in [6.07, 6.45) is 1.17. The van der Waals surface area contributed by atoms with Crippen LogP contribution in [0.1, 0.15) is 0 Å². The molecule has 0 atom stereocenters. The van der Waals surface area contributed by atoms with Crippen LogP contribution in [-0.4, -0.2) is 11.7 Å². The lowest BCUT2D eigenvalue weighted by molar-refractivity contribution is -0.135. The number of nitrogens with zero attached hydrogens (tertiary/aromatic N) is 1. The Balaban J connectivity index is 2.97. The third kappa shape index (κ3) is 1.03. The normalized spacial score (nSPS) is 15.2. The van der Waals surface area contributed by atoms with Crippen molar-refractivity contribution < 1.29 is 9.59 Å². The Hall–Kier alpha value is -1.97. The van der Waals surface area contributed by atoms with Crippen LogP contribution in [0.25, 0.3) is 6.08 Å². The summed E-state index contributed by atoms with van der Waals surface area (Å²) in [4.78, 5) is 21.8. The molecule has 0 N–H and O–H groups in total. The zero-order valence-electron chi connectivity index (χ0n) is 6.56. The maximum atomic E-state index is 11.2. The third-order valence-corrected chi connectivity index (χ3v) is 1.84. The number of amides is 1. The molecule has 13 heavy (non-hydrogen) atoms. The molecule has 1 aliphatic rings. The van der Waals surface area contributed by atoms with Crippen molar-refractivity contribution in [1.82, 2.24) is 4.74 Å². The molecule has 1 heterocycles. The van der Waals surface area contributed by atoms with Gasteiger partial charge in [0.05, 0.1) is 5.22 Å². The highest BCUT2D eigenvalue weighted by molar-refractivity contribution is 6.48. The van der Waals surface area contributed by atoms with Gasteiger partial charge in [-0.2, -0.15) is 0 Å². The van der Waals surface area contributed by atoms with Crippen LogP contribution in [0.5, 0.6) is 0 Å². The molecule has 0 aromatic heterocycles. The van der Waals surface area contributed by atoms with Gasteiger partial charge in [-0.15, -0.1) is 4.74 Å². The van der Waals surface area contributed by atoms with Crippen LogP contribution < -0.4 is 15.3 Å². The first kappa shape index (κ1) is 7.67. The monoisotopic (exact) mass is 175 g/mol. The average molecular weight is 175 g/mol. The molecule has 0 saturated carbocycles. The largest absolute Gasteiger partial charge is 0.615 e. The fraction of sp³-hybridized carbons (Fsp3) is 0. The molecule has 64 valence electrons. The van der Waals surface area contributed by atoms with Gasteiger partial charge in [0.1, 0.15) is 0 Å². The number of hydroxylamine groups is 1. The SMILES string of the molecule is O=C1C=c2ccccc2=[N+]([O-])C1=O. The lowest BCUT2D eigenvalue weighted by Crippen LogP contribution is -2.47. The predicted octanol–water partition coefficient (Wildman–Crippen LogP) is -1.43. The van der Waals surface area contributed by atoms with Crippen molar-refractivity contribution in [2.45, 2.75) is 0 Å². The number of para-hydroxylation sites is 1. The van der Waals surface area contributed by atoms with Crippen LogP contribution in [0.4, 0.5) is 0 Å². The molecule has 1 aliphatic heterocycles. The van der Waals surface area contributed by atoms with E-state index in [2.05, 4.69) is 0 Å². The van der Waals surface area contributed by atoms with Gasteiger partial charge in [-0.05, 0) is 6.07 Å². The quantitative estimate of drug-likeness (QED) is 0.276.